The van der Waals surface area contributed by atoms with E-state index < -0.39 is 9.84 Å². The average Bonchev–Trinajstić information content (AvgIpc) is 2.28. The topological polar surface area (TPSA) is 76.3 Å². The van der Waals surface area contributed by atoms with Crippen molar-refractivity contribution in [3.63, 3.8) is 0 Å². The number of nitrogens with two attached hydrogens (primary N) is 1. The van der Waals surface area contributed by atoms with Gasteiger partial charge in [-0.15, -0.1) is 0 Å². The fraction of sp³-hybridized carbons (Fsp3) is 0.545. The maximum absolute atomic E-state index is 11.4. The maximum Gasteiger partial charge on any atom is 0.150 e. The van der Waals surface area contributed by atoms with E-state index in [1.54, 1.807) is 12.4 Å². The zero-order valence-electron chi connectivity index (χ0n) is 9.83. The lowest BCUT2D eigenvalue weighted by Crippen LogP contribution is -2.39. The van der Waals surface area contributed by atoms with Gasteiger partial charge in [-0.25, -0.2) is 8.42 Å². The van der Waals surface area contributed by atoms with Gasteiger partial charge in [0.2, 0.25) is 0 Å². The number of aromatic nitrogens is 1. The Hall–Kier alpha value is -1.30. The Bertz CT molecular complexity index is 493. The second kappa shape index (κ2) is 4.52. The van der Waals surface area contributed by atoms with Crippen LogP contribution in [-0.2, 0) is 9.84 Å². The van der Waals surface area contributed by atoms with E-state index in [1.807, 2.05) is 6.07 Å². The predicted octanol–water partition coefficient (Wildman–Crippen LogP) is 0.677. The van der Waals surface area contributed by atoms with Crippen LogP contribution >= 0.6 is 0 Å². The molecule has 0 aliphatic carbocycles. The van der Waals surface area contributed by atoms with Crippen molar-refractivity contribution in [2.45, 2.75) is 18.1 Å². The summed E-state index contributed by atoms with van der Waals surface area (Å²) in [4.78, 5) is 6.17. The SMILES string of the molecule is CS(=O)(=O)C1CCN(c2cncc(N)c2)CC1. The largest absolute Gasteiger partial charge is 0.397 e. The van der Waals surface area contributed by atoms with Crippen LogP contribution in [0.1, 0.15) is 12.8 Å². The molecule has 1 aromatic heterocycles. The number of rotatable bonds is 2. The second-order valence-corrected chi connectivity index (χ2v) is 6.82. The second-order valence-electron chi connectivity index (χ2n) is 4.49. The van der Waals surface area contributed by atoms with Gasteiger partial charge < -0.3 is 10.6 Å². The van der Waals surface area contributed by atoms with Crippen molar-refractivity contribution < 1.29 is 8.42 Å². The number of anilines is 2. The van der Waals surface area contributed by atoms with Crippen LogP contribution in [0.2, 0.25) is 0 Å². The summed E-state index contributed by atoms with van der Waals surface area (Å²) in [5.74, 6) is 0. The number of sulfone groups is 1. The lowest BCUT2D eigenvalue weighted by atomic mass is 10.1. The highest BCUT2D eigenvalue weighted by Crippen LogP contribution is 2.23. The normalized spacial score (nSPS) is 18.3. The predicted molar refractivity (Wildman–Crippen MR) is 68.7 cm³/mol. The minimum Gasteiger partial charge on any atom is -0.397 e. The van der Waals surface area contributed by atoms with Gasteiger partial charge in [0.05, 0.1) is 22.8 Å². The van der Waals surface area contributed by atoms with E-state index in [9.17, 15) is 8.42 Å². The summed E-state index contributed by atoms with van der Waals surface area (Å²) in [6.07, 6.45) is 6.03. The van der Waals surface area contributed by atoms with Crippen LogP contribution in [0.3, 0.4) is 0 Å². The van der Waals surface area contributed by atoms with Gasteiger partial charge in [0.25, 0.3) is 0 Å². The number of nitrogens with zero attached hydrogens (tertiary/aromatic N) is 2. The molecule has 1 aliphatic rings. The van der Waals surface area contributed by atoms with Gasteiger partial charge in [0, 0.05) is 25.5 Å². The Morgan fingerprint density at radius 3 is 2.53 bits per heavy atom. The molecule has 0 spiro atoms. The molecule has 94 valence electrons. The maximum atomic E-state index is 11.4. The molecule has 1 fully saturated rings. The van der Waals surface area contributed by atoms with Crippen molar-refractivity contribution in [2.75, 3.05) is 30.0 Å². The van der Waals surface area contributed by atoms with Gasteiger partial charge in [-0.2, -0.15) is 0 Å². The third kappa shape index (κ3) is 2.88. The van der Waals surface area contributed by atoms with Gasteiger partial charge in [-0.3, -0.25) is 4.98 Å². The molecule has 0 bridgehead atoms. The van der Waals surface area contributed by atoms with E-state index in [0.29, 0.717) is 18.5 Å². The number of hydrogen-bond donors (Lipinski definition) is 1. The van der Waals surface area contributed by atoms with E-state index in [2.05, 4.69) is 9.88 Å². The first kappa shape index (κ1) is 12.2. The highest BCUT2D eigenvalue weighted by Gasteiger charge is 2.26. The van der Waals surface area contributed by atoms with Crippen molar-refractivity contribution in [2.24, 2.45) is 0 Å². The molecule has 6 heteroatoms. The monoisotopic (exact) mass is 255 g/mol. The Labute approximate surface area is 102 Å². The molecule has 0 atom stereocenters. The summed E-state index contributed by atoms with van der Waals surface area (Å²) in [5.41, 5.74) is 7.28. The molecule has 0 unspecified atom stereocenters. The Morgan fingerprint density at radius 2 is 2.00 bits per heavy atom. The third-order valence-electron chi connectivity index (χ3n) is 3.16. The first-order valence-electron chi connectivity index (χ1n) is 5.61. The zero-order chi connectivity index (χ0) is 12.5. The smallest absolute Gasteiger partial charge is 0.150 e. The van der Waals surface area contributed by atoms with E-state index >= 15 is 0 Å². The fourth-order valence-electron chi connectivity index (χ4n) is 2.16. The quantitative estimate of drug-likeness (QED) is 0.841. The molecule has 2 rings (SSSR count). The van der Waals surface area contributed by atoms with Crippen molar-refractivity contribution in [1.29, 1.82) is 0 Å². The van der Waals surface area contributed by atoms with Gasteiger partial charge in [-0.1, -0.05) is 0 Å². The van der Waals surface area contributed by atoms with Crippen LogP contribution in [0.15, 0.2) is 18.5 Å². The standard InChI is InChI=1S/C11H17N3O2S/c1-17(15,16)11-2-4-14(5-3-11)10-6-9(12)7-13-8-10/h6-8,11H,2-5,12H2,1H3. The molecule has 2 heterocycles. The molecule has 0 saturated carbocycles. The summed E-state index contributed by atoms with van der Waals surface area (Å²) in [5, 5.41) is -0.201. The van der Waals surface area contributed by atoms with Gasteiger partial charge in [-0.05, 0) is 18.9 Å². The Balaban J connectivity index is 2.05. The molecule has 5 nitrogen and oxygen atoms in total. The van der Waals surface area contributed by atoms with E-state index in [-0.39, 0.29) is 5.25 Å². The average molecular weight is 255 g/mol. The summed E-state index contributed by atoms with van der Waals surface area (Å²) < 4.78 is 22.9. The van der Waals surface area contributed by atoms with Crippen molar-refractivity contribution in [3.05, 3.63) is 18.5 Å². The minimum atomic E-state index is -2.91. The Morgan fingerprint density at radius 1 is 1.35 bits per heavy atom. The summed E-state index contributed by atoms with van der Waals surface area (Å²) >= 11 is 0. The summed E-state index contributed by atoms with van der Waals surface area (Å²) in [6, 6.07) is 1.87. The first-order valence-corrected chi connectivity index (χ1v) is 7.56. The molecule has 1 aromatic rings. The molecule has 1 aliphatic heterocycles. The third-order valence-corrected chi connectivity index (χ3v) is 4.84. The van der Waals surface area contributed by atoms with Crippen molar-refractivity contribution >= 4 is 21.2 Å². The van der Waals surface area contributed by atoms with Crippen LogP contribution in [0.5, 0.6) is 0 Å². The molecule has 2 N–H and O–H groups in total. The molecule has 0 radical (unpaired) electrons. The molecule has 0 amide bonds. The van der Waals surface area contributed by atoms with Gasteiger partial charge in [0.15, 0.2) is 0 Å². The summed E-state index contributed by atoms with van der Waals surface area (Å²) in [7, 11) is -2.91. The first-order chi connectivity index (χ1) is 7.97. The molecular formula is C11H17N3O2S. The van der Waals surface area contributed by atoms with E-state index in [4.69, 9.17) is 5.73 Å². The molecule has 17 heavy (non-hydrogen) atoms. The summed E-state index contributed by atoms with van der Waals surface area (Å²) in [6.45, 7) is 1.48. The van der Waals surface area contributed by atoms with Crippen LogP contribution in [0.4, 0.5) is 11.4 Å². The lowest BCUT2D eigenvalue weighted by Gasteiger charge is -2.32. The molecular weight excluding hydrogens is 238 g/mol. The van der Waals surface area contributed by atoms with E-state index in [1.165, 1.54) is 6.26 Å². The zero-order valence-corrected chi connectivity index (χ0v) is 10.7. The lowest BCUT2D eigenvalue weighted by molar-refractivity contribution is 0.534. The van der Waals surface area contributed by atoms with Crippen LogP contribution in [0.25, 0.3) is 0 Å². The fourth-order valence-corrected chi connectivity index (χ4v) is 3.23. The van der Waals surface area contributed by atoms with E-state index in [0.717, 1.165) is 18.8 Å². The van der Waals surface area contributed by atoms with Crippen LogP contribution in [-0.4, -0.2) is 38.0 Å². The number of hydrogen-bond acceptors (Lipinski definition) is 5. The van der Waals surface area contributed by atoms with Crippen molar-refractivity contribution in [3.8, 4) is 0 Å². The molecule has 0 aromatic carbocycles. The minimum absolute atomic E-state index is 0.201. The highest BCUT2D eigenvalue weighted by atomic mass is 32.2. The van der Waals surface area contributed by atoms with Crippen LogP contribution in [0, 0.1) is 0 Å². The highest BCUT2D eigenvalue weighted by molar-refractivity contribution is 7.91. The molecule has 1 saturated heterocycles. The number of piperidine rings is 1. The van der Waals surface area contributed by atoms with Crippen LogP contribution < -0.4 is 10.6 Å². The Kier molecular flexibility index (Phi) is 3.24. The van der Waals surface area contributed by atoms with Gasteiger partial charge >= 0.3 is 0 Å². The van der Waals surface area contributed by atoms with Crippen molar-refractivity contribution in [1.82, 2.24) is 4.98 Å². The number of pyridine rings is 1. The van der Waals surface area contributed by atoms with Gasteiger partial charge in [0.1, 0.15) is 9.84 Å². The number of nitrogen functional groups attached to an aromatic ring is 1.